The number of amides is 1. The van der Waals surface area contributed by atoms with E-state index in [1.165, 1.54) is 5.56 Å². The summed E-state index contributed by atoms with van der Waals surface area (Å²) in [6, 6.07) is 15.9. The third-order valence-corrected chi connectivity index (χ3v) is 3.59. The van der Waals surface area contributed by atoms with Crippen LogP contribution in [-0.2, 0) is 4.79 Å². The molecule has 0 aliphatic carbocycles. The van der Waals surface area contributed by atoms with Crippen LogP contribution in [0, 0.1) is 13.8 Å². The van der Waals surface area contributed by atoms with Crippen molar-refractivity contribution in [1.29, 1.82) is 0 Å². The molecule has 0 heterocycles. The predicted molar refractivity (Wildman–Crippen MR) is 94.1 cm³/mol. The van der Waals surface area contributed by atoms with Gasteiger partial charge in [0.05, 0.1) is 13.1 Å². The molecule has 2 aromatic carbocycles. The Morgan fingerprint density at radius 3 is 2.57 bits per heavy atom. The largest absolute Gasteiger partial charge is 0.491 e. The lowest BCUT2D eigenvalue weighted by Crippen LogP contribution is -2.37. The van der Waals surface area contributed by atoms with Gasteiger partial charge in [0, 0.05) is 12.7 Å². The number of hydrogen-bond donors (Lipinski definition) is 1. The van der Waals surface area contributed by atoms with Crippen molar-refractivity contribution in [1.82, 2.24) is 5.32 Å². The number of rotatable bonds is 7. The van der Waals surface area contributed by atoms with Crippen molar-refractivity contribution in [3.8, 4) is 5.75 Å². The molecule has 122 valence electrons. The first-order valence-corrected chi connectivity index (χ1v) is 7.79. The first-order chi connectivity index (χ1) is 11.1. The van der Waals surface area contributed by atoms with Crippen LogP contribution in [0.3, 0.4) is 0 Å². The smallest absolute Gasteiger partial charge is 0.239 e. The molecule has 0 aliphatic heterocycles. The third kappa shape index (κ3) is 5.33. The number of likely N-dealkylation sites (N-methyl/N-ethyl adjacent to an activating group) is 1. The number of benzene rings is 2. The van der Waals surface area contributed by atoms with E-state index < -0.39 is 0 Å². The minimum absolute atomic E-state index is 0.0134. The monoisotopic (exact) mass is 312 g/mol. The van der Waals surface area contributed by atoms with Crippen molar-refractivity contribution >= 4 is 11.6 Å². The molecule has 0 unspecified atom stereocenters. The zero-order valence-electron chi connectivity index (χ0n) is 14.0. The summed E-state index contributed by atoms with van der Waals surface area (Å²) in [5, 5.41) is 2.88. The van der Waals surface area contributed by atoms with E-state index in [-0.39, 0.29) is 5.91 Å². The van der Waals surface area contributed by atoms with Crippen LogP contribution in [0.2, 0.25) is 0 Å². The van der Waals surface area contributed by atoms with Gasteiger partial charge in [0.2, 0.25) is 5.91 Å². The van der Waals surface area contributed by atoms with Gasteiger partial charge >= 0.3 is 0 Å². The van der Waals surface area contributed by atoms with Crippen LogP contribution in [0.15, 0.2) is 48.5 Å². The minimum Gasteiger partial charge on any atom is -0.491 e. The van der Waals surface area contributed by atoms with E-state index in [4.69, 9.17) is 4.74 Å². The molecule has 4 heteroatoms. The highest BCUT2D eigenvalue weighted by atomic mass is 16.5. The van der Waals surface area contributed by atoms with Crippen molar-refractivity contribution in [2.45, 2.75) is 13.8 Å². The fourth-order valence-corrected chi connectivity index (χ4v) is 2.36. The van der Waals surface area contributed by atoms with E-state index in [2.05, 4.69) is 18.3 Å². The van der Waals surface area contributed by atoms with Crippen LogP contribution in [0.5, 0.6) is 5.75 Å². The van der Waals surface area contributed by atoms with Crippen LogP contribution >= 0.6 is 0 Å². The molecule has 0 aliphatic rings. The van der Waals surface area contributed by atoms with Crippen LogP contribution < -0.4 is 15.0 Å². The standard InChI is InChI=1S/C19H24N2O2/c1-15-9-10-18(16(2)13-15)23-12-11-20-19(22)14-21(3)17-7-5-4-6-8-17/h4-10,13H,11-12,14H2,1-3H3,(H,20,22). The third-order valence-electron chi connectivity index (χ3n) is 3.59. The van der Waals surface area contributed by atoms with E-state index in [1.807, 2.05) is 61.3 Å². The predicted octanol–water partition coefficient (Wildman–Crippen LogP) is 2.93. The first-order valence-electron chi connectivity index (χ1n) is 7.79. The molecule has 0 saturated heterocycles. The Balaban J connectivity index is 1.70. The number of para-hydroxylation sites is 1. The van der Waals surface area contributed by atoms with Crippen molar-refractivity contribution < 1.29 is 9.53 Å². The Morgan fingerprint density at radius 1 is 1.13 bits per heavy atom. The van der Waals surface area contributed by atoms with Crippen molar-refractivity contribution in [3.63, 3.8) is 0 Å². The van der Waals surface area contributed by atoms with Gasteiger partial charge < -0.3 is 15.0 Å². The lowest BCUT2D eigenvalue weighted by Gasteiger charge is -2.18. The number of anilines is 1. The van der Waals surface area contributed by atoms with Crippen LogP contribution in [0.1, 0.15) is 11.1 Å². The van der Waals surface area contributed by atoms with Crippen molar-refractivity contribution in [2.75, 3.05) is 31.6 Å². The Bertz CT molecular complexity index is 641. The quantitative estimate of drug-likeness (QED) is 0.799. The fraction of sp³-hybridized carbons (Fsp3) is 0.316. The van der Waals surface area contributed by atoms with E-state index in [0.717, 1.165) is 17.0 Å². The van der Waals surface area contributed by atoms with Crippen molar-refractivity contribution in [2.24, 2.45) is 0 Å². The molecule has 23 heavy (non-hydrogen) atoms. The summed E-state index contributed by atoms with van der Waals surface area (Å²) in [7, 11) is 1.90. The Labute approximate surface area is 138 Å². The maximum absolute atomic E-state index is 11.9. The number of carbonyl (C=O) groups excluding carboxylic acids is 1. The normalized spacial score (nSPS) is 10.2. The molecular weight excluding hydrogens is 288 g/mol. The summed E-state index contributed by atoms with van der Waals surface area (Å²) in [6.07, 6.45) is 0. The first kappa shape index (κ1) is 16.9. The molecule has 0 atom stereocenters. The maximum Gasteiger partial charge on any atom is 0.239 e. The minimum atomic E-state index is -0.0134. The van der Waals surface area contributed by atoms with Gasteiger partial charge in [-0.2, -0.15) is 0 Å². The molecule has 0 radical (unpaired) electrons. The van der Waals surface area contributed by atoms with E-state index in [0.29, 0.717) is 19.7 Å². The summed E-state index contributed by atoms with van der Waals surface area (Å²) >= 11 is 0. The second-order valence-electron chi connectivity index (χ2n) is 5.66. The molecule has 0 spiro atoms. The Hall–Kier alpha value is -2.49. The van der Waals surface area contributed by atoms with Gasteiger partial charge in [0.1, 0.15) is 12.4 Å². The highest BCUT2D eigenvalue weighted by molar-refractivity contribution is 5.81. The number of ether oxygens (including phenoxy) is 1. The van der Waals surface area contributed by atoms with E-state index in [9.17, 15) is 4.79 Å². The molecule has 0 aromatic heterocycles. The van der Waals surface area contributed by atoms with Gasteiger partial charge in [-0.25, -0.2) is 0 Å². The number of nitrogens with one attached hydrogen (secondary N) is 1. The number of hydrogen-bond acceptors (Lipinski definition) is 3. The van der Waals surface area contributed by atoms with Crippen LogP contribution in [-0.4, -0.2) is 32.7 Å². The molecule has 0 saturated carbocycles. The van der Waals surface area contributed by atoms with Gasteiger partial charge in [-0.05, 0) is 37.6 Å². The highest BCUT2D eigenvalue weighted by Gasteiger charge is 2.06. The van der Waals surface area contributed by atoms with Gasteiger partial charge in [0.15, 0.2) is 0 Å². The molecule has 1 N–H and O–H groups in total. The lowest BCUT2D eigenvalue weighted by atomic mass is 10.1. The van der Waals surface area contributed by atoms with Gasteiger partial charge in [-0.1, -0.05) is 35.9 Å². The summed E-state index contributed by atoms with van der Waals surface area (Å²) in [5.74, 6) is 0.854. The second kappa shape index (κ2) is 8.22. The number of carbonyl (C=O) groups is 1. The van der Waals surface area contributed by atoms with Crippen LogP contribution in [0.25, 0.3) is 0 Å². The van der Waals surface area contributed by atoms with Crippen molar-refractivity contribution in [3.05, 3.63) is 59.7 Å². The fourth-order valence-electron chi connectivity index (χ4n) is 2.36. The van der Waals surface area contributed by atoms with Crippen LogP contribution in [0.4, 0.5) is 5.69 Å². The summed E-state index contributed by atoms with van der Waals surface area (Å²) in [6.45, 7) is 5.36. The maximum atomic E-state index is 11.9. The summed E-state index contributed by atoms with van der Waals surface area (Å²) in [5.41, 5.74) is 3.35. The molecule has 2 aromatic rings. The summed E-state index contributed by atoms with van der Waals surface area (Å²) in [4.78, 5) is 13.9. The van der Waals surface area contributed by atoms with Gasteiger partial charge in [-0.3, -0.25) is 4.79 Å². The Morgan fingerprint density at radius 2 is 1.87 bits per heavy atom. The molecule has 0 bridgehead atoms. The molecule has 0 fully saturated rings. The number of aryl methyl sites for hydroxylation is 2. The number of nitrogens with zero attached hydrogens (tertiary/aromatic N) is 1. The topological polar surface area (TPSA) is 41.6 Å². The zero-order valence-corrected chi connectivity index (χ0v) is 14.0. The highest BCUT2D eigenvalue weighted by Crippen LogP contribution is 2.18. The average molecular weight is 312 g/mol. The lowest BCUT2D eigenvalue weighted by molar-refractivity contribution is -0.119. The van der Waals surface area contributed by atoms with Gasteiger partial charge in [0.25, 0.3) is 0 Å². The molecule has 2 rings (SSSR count). The molecular formula is C19H24N2O2. The Kier molecular flexibility index (Phi) is 6.03. The van der Waals surface area contributed by atoms with Gasteiger partial charge in [-0.15, -0.1) is 0 Å². The average Bonchev–Trinajstić information content (AvgIpc) is 2.54. The van der Waals surface area contributed by atoms with E-state index >= 15 is 0 Å². The summed E-state index contributed by atoms with van der Waals surface area (Å²) < 4.78 is 5.70. The zero-order chi connectivity index (χ0) is 16.7. The SMILES string of the molecule is Cc1ccc(OCCNC(=O)CN(C)c2ccccc2)c(C)c1. The molecule has 1 amide bonds. The van der Waals surface area contributed by atoms with E-state index in [1.54, 1.807) is 0 Å². The molecule has 4 nitrogen and oxygen atoms in total. The second-order valence-corrected chi connectivity index (χ2v) is 5.66.